The Bertz CT molecular complexity index is 462. The molecule has 6 heteroatoms. The first-order valence-electron chi connectivity index (χ1n) is 6.94. The van der Waals surface area contributed by atoms with Crippen LogP contribution in [0.15, 0.2) is 18.2 Å². The van der Waals surface area contributed by atoms with Crippen LogP contribution >= 0.6 is 11.8 Å². The summed E-state index contributed by atoms with van der Waals surface area (Å²) < 4.78 is 5.47. The Kier molecular flexibility index (Phi) is 5.52. The van der Waals surface area contributed by atoms with E-state index in [0.717, 1.165) is 18.7 Å². The molecule has 0 spiro atoms. The summed E-state index contributed by atoms with van der Waals surface area (Å²) in [4.78, 5) is 10.9. The molecule has 2 rings (SSSR count). The highest BCUT2D eigenvalue weighted by atomic mass is 32.2. The molecule has 0 radical (unpaired) electrons. The number of thioether (sulfide) groups is 1. The summed E-state index contributed by atoms with van der Waals surface area (Å²) in [5.41, 5.74) is 0.604. The molecule has 0 aliphatic carbocycles. The SMILES string of the molecule is CCCOc1cccc(NCC2CCSC2)c1[N+](=O)[O-]. The Morgan fingerprint density at radius 2 is 2.40 bits per heavy atom. The molecule has 1 aromatic carbocycles. The summed E-state index contributed by atoms with van der Waals surface area (Å²) in [6.45, 7) is 3.25. The van der Waals surface area contributed by atoms with E-state index in [4.69, 9.17) is 4.74 Å². The number of rotatable bonds is 7. The maximum Gasteiger partial charge on any atom is 0.333 e. The molecule has 1 fully saturated rings. The summed E-state index contributed by atoms with van der Waals surface area (Å²) >= 11 is 1.94. The van der Waals surface area contributed by atoms with Gasteiger partial charge in [0.05, 0.1) is 11.5 Å². The molecule has 0 aromatic heterocycles. The first-order chi connectivity index (χ1) is 9.72. The molecule has 110 valence electrons. The van der Waals surface area contributed by atoms with Crippen LogP contribution in [0, 0.1) is 16.0 Å². The maximum atomic E-state index is 11.3. The number of benzene rings is 1. The lowest BCUT2D eigenvalue weighted by molar-refractivity contribution is -0.385. The smallest absolute Gasteiger partial charge is 0.333 e. The van der Waals surface area contributed by atoms with Crippen LogP contribution in [-0.4, -0.2) is 29.6 Å². The van der Waals surface area contributed by atoms with Gasteiger partial charge >= 0.3 is 5.69 Å². The van der Waals surface area contributed by atoms with Crippen LogP contribution in [0.5, 0.6) is 5.75 Å². The van der Waals surface area contributed by atoms with E-state index in [-0.39, 0.29) is 10.6 Å². The monoisotopic (exact) mass is 296 g/mol. The second-order valence-electron chi connectivity index (χ2n) is 4.87. The highest BCUT2D eigenvalue weighted by Crippen LogP contribution is 2.35. The van der Waals surface area contributed by atoms with Gasteiger partial charge in [-0.1, -0.05) is 13.0 Å². The number of hydrogen-bond acceptors (Lipinski definition) is 5. The fourth-order valence-corrected chi connectivity index (χ4v) is 3.46. The van der Waals surface area contributed by atoms with Crippen molar-refractivity contribution in [3.05, 3.63) is 28.3 Å². The molecule has 1 aliphatic rings. The zero-order chi connectivity index (χ0) is 14.4. The van der Waals surface area contributed by atoms with Crippen molar-refractivity contribution in [1.29, 1.82) is 0 Å². The van der Waals surface area contributed by atoms with Crippen LogP contribution in [0.1, 0.15) is 19.8 Å². The molecule has 1 heterocycles. The summed E-state index contributed by atoms with van der Waals surface area (Å²) in [6.07, 6.45) is 2.01. The predicted molar refractivity (Wildman–Crippen MR) is 82.8 cm³/mol. The van der Waals surface area contributed by atoms with Gasteiger partial charge in [0.25, 0.3) is 0 Å². The molecular formula is C14H20N2O3S. The second kappa shape index (κ2) is 7.38. The minimum absolute atomic E-state index is 0.0478. The van der Waals surface area contributed by atoms with Crippen molar-refractivity contribution < 1.29 is 9.66 Å². The number of nitrogens with one attached hydrogen (secondary N) is 1. The van der Waals surface area contributed by atoms with Gasteiger partial charge in [-0.15, -0.1) is 0 Å². The highest BCUT2D eigenvalue weighted by molar-refractivity contribution is 7.99. The fraction of sp³-hybridized carbons (Fsp3) is 0.571. The Hall–Kier alpha value is -1.43. The third kappa shape index (κ3) is 3.79. The molecule has 1 atom stereocenters. The third-order valence-corrected chi connectivity index (χ3v) is 4.48. The number of para-hydroxylation sites is 1. The van der Waals surface area contributed by atoms with Crippen molar-refractivity contribution in [3.63, 3.8) is 0 Å². The van der Waals surface area contributed by atoms with Gasteiger partial charge in [-0.05, 0) is 42.4 Å². The predicted octanol–water partition coefficient (Wildman–Crippen LogP) is 3.55. The number of nitro groups is 1. The Labute approximate surface area is 123 Å². The molecule has 1 aromatic rings. The largest absolute Gasteiger partial charge is 0.487 e. The molecule has 1 aliphatic heterocycles. The van der Waals surface area contributed by atoms with Crippen LogP contribution in [0.4, 0.5) is 11.4 Å². The average molecular weight is 296 g/mol. The van der Waals surface area contributed by atoms with Crippen molar-refractivity contribution in [1.82, 2.24) is 0 Å². The van der Waals surface area contributed by atoms with Gasteiger partial charge in [0, 0.05) is 6.54 Å². The molecule has 1 unspecified atom stereocenters. The molecule has 1 N–H and O–H groups in total. The lowest BCUT2D eigenvalue weighted by atomic mass is 10.1. The molecule has 0 bridgehead atoms. The van der Waals surface area contributed by atoms with E-state index < -0.39 is 0 Å². The first-order valence-corrected chi connectivity index (χ1v) is 8.09. The van der Waals surface area contributed by atoms with Gasteiger partial charge in [0.2, 0.25) is 0 Å². The molecule has 5 nitrogen and oxygen atoms in total. The van der Waals surface area contributed by atoms with Crippen LogP contribution in [0.2, 0.25) is 0 Å². The molecule has 20 heavy (non-hydrogen) atoms. The number of nitrogens with zero attached hydrogens (tertiary/aromatic N) is 1. The summed E-state index contributed by atoms with van der Waals surface area (Å²) in [7, 11) is 0. The van der Waals surface area contributed by atoms with Crippen molar-refractivity contribution in [2.45, 2.75) is 19.8 Å². The van der Waals surface area contributed by atoms with Crippen molar-refractivity contribution in [2.24, 2.45) is 5.92 Å². The van der Waals surface area contributed by atoms with Gasteiger partial charge in [0.1, 0.15) is 5.69 Å². The highest BCUT2D eigenvalue weighted by Gasteiger charge is 2.22. The van der Waals surface area contributed by atoms with Gasteiger partial charge in [-0.2, -0.15) is 11.8 Å². The maximum absolute atomic E-state index is 11.3. The average Bonchev–Trinajstić information content (AvgIpc) is 2.95. The summed E-state index contributed by atoms with van der Waals surface area (Å²) in [5, 5.41) is 14.5. The quantitative estimate of drug-likeness (QED) is 0.616. The van der Waals surface area contributed by atoms with Crippen molar-refractivity contribution in [2.75, 3.05) is 30.0 Å². The molecule has 0 amide bonds. The van der Waals surface area contributed by atoms with E-state index >= 15 is 0 Å². The zero-order valence-corrected chi connectivity index (χ0v) is 12.4. The molecule has 0 saturated carbocycles. The topological polar surface area (TPSA) is 64.4 Å². The summed E-state index contributed by atoms with van der Waals surface area (Å²) in [6, 6.07) is 5.20. The minimum atomic E-state index is -0.364. The van der Waals surface area contributed by atoms with E-state index in [1.54, 1.807) is 18.2 Å². The van der Waals surface area contributed by atoms with Crippen LogP contribution < -0.4 is 10.1 Å². The van der Waals surface area contributed by atoms with Crippen LogP contribution in [0.3, 0.4) is 0 Å². The Balaban J connectivity index is 2.11. The standard InChI is InChI=1S/C14H20N2O3S/c1-2-7-19-13-5-3-4-12(14(13)16(17)18)15-9-11-6-8-20-10-11/h3-5,11,15H,2,6-10H2,1H3. The van der Waals surface area contributed by atoms with E-state index in [2.05, 4.69) is 5.32 Å². The Morgan fingerprint density at radius 3 is 3.05 bits per heavy atom. The van der Waals surface area contributed by atoms with Gasteiger partial charge in [-0.25, -0.2) is 0 Å². The molecule has 1 saturated heterocycles. The minimum Gasteiger partial charge on any atom is -0.487 e. The number of anilines is 1. The second-order valence-corrected chi connectivity index (χ2v) is 6.02. The lowest BCUT2D eigenvalue weighted by Crippen LogP contribution is -2.14. The van der Waals surface area contributed by atoms with Crippen LogP contribution in [-0.2, 0) is 0 Å². The van der Waals surface area contributed by atoms with Gasteiger partial charge in [-0.3, -0.25) is 10.1 Å². The Morgan fingerprint density at radius 1 is 1.55 bits per heavy atom. The van der Waals surface area contributed by atoms with Crippen molar-refractivity contribution in [3.8, 4) is 5.75 Å². The number of nitro benzene ring substituents is 1. The van der Waals surface area contributed by atoms with E-state index in [1.807, 2.05) is 18.7 Å². The zero-order valence-electron chi connectivity index (χ0n) is 11.6. The number of ether oxygens (including phenoxy) is 1. The lowest BCUT2D eigenvalue weighted by Gasteiger charge is -2.13. The summed E-state index contributed by atoms with van der Waals surface area (Å²) in [5.74, 6) is 3.27. The van der Waals surface area contributed by atoms with Crippen LogP contribution in [0.25, 0.3) is 0 Å². The third-order valence-electron chi connectivity index (χ3n) is 3.25. The van der Waals surface area contributed by atoms with E-state index in [0.29, 0.717) is 24.0 Å². The van der Waals surface area contributed by atoms with E-state index in [1.165, 1.54) is 12.2 Å². The first kappa shape index (κ1) is 15.0. The van der Waals surface area contributed by atoms with Crippen molar-refractivity contribution >= 4 is 23.1 Å². The number of hydrogen-bond donors (Lipinski definition) is 1. The normalized spacial score (nSPS) is 17.9. The fourth-order valence-electron chi connectivity index (χ4n) is 2.18. The van der Waals surface area contributed by atoms with Gasteiger partial charge < -0.3 is 10.1 Å². The molecular weight excluding hydrogens is 276 g/mol. The van der Waals surface area contributed by atoms with E-state index in [9.17, 15) is 10.1 Å². The van der Waals surface area contributed by atoms with Gasteiger partial charge in [0.15, 0.2) is 5.75 Å².